The molecule has 2 aromatic carbocycles. The van der Waals surface area contributed by atoms with Crippen LogP contribution in [0.3, 0.4) is 0 Å². The number of hydrogen-bond acceptors (Lipinski definition) is 4. The molecule has 0 aliphatic heterocycles. The van der Waals surface area contributed by atoms with E-state index in [4.69, 9.17) is 5.26 Å². The minimum absolute atomic E-state index is 0.143. The van der Waals surface area contributed by atoms with E-state index >= 15 is 0 Å². The van der Waals surface area contributed by atoms with Crippen molar-refractivity contribution in [2.24, 2.45) is 0 Å². The lowest BCUT2D eigenvalue weighted by molar-refractivity contribution is 0.180. The number of aliphatic hydroxyl groups is 1. The Morgan fingerprint density at radius 3 is 2.58 bits per heavy atom. The van der Waals surface area contributed by atoms with E-state index in [1.165, 1.54) is 28.6 Å². The van der Waals surface area contributed by atoms with Crippen LogP contribution in [0, 0.1) is 11.3 Å². The van der Waals surface area contributed by atoms with E-state index in [-0.39, 0.29) is 11.4 Å². The number of fused-ring (bicyclic) bond motifs is 1. The molecule has 1 aliphatic carbocycles. The highest BCUT2D eigenvalue weighted by atomic mass is 32.2. The van der Waals surface area contributed by atoms with Crippen molar-refractivity contribution < 1.29 is 13.5 Å². The Balaban J connectivity index is 2.01. The summed E-state index contributed by atoms with van der Waals surface area (Å²) in [5.41, 5.74) is 2.83. The van der Waals surface area contributed by atoms with Gasteiger partial charge < -0.3 is 5.11 Å². The molecule has 2 aromatic rings. The first-order valence-electron chi connectivity index (χ1n) is 7.81. The maximum absolute atomic E-state index is 12.9. The van der Waals surface area contributed by atoms with Gasteiger partial charge in [-0.1, -0.05) is 6.07 Å². The van der Waals surface area contributed by atoms with Crippen molar-refractivity contribution >= 4 is 15.7 Å². The zero-order valence-corrected chi connectivity index (χ0v) is 14.1. The summed E-state index contributed by atoms with van der Waals surface area (Å²) in [7, 11) is -3.72. The summed E-state index contributed by atoms with van der Waals surface area (Å²) in [4.78, 5) is 0.143. The van der Waals surface area contributed by atoms with Crippen LogP contribution in [0.4, 0.5) is 5.69 Å². The normalized spacial score (nSPS) is 16.5. The zero-order valence-electron chi connectivity index (χ0n) is 13.3. The Hall–Kier alpha value is -2.36. The van der Waals surface area contributed by atoms with Gasteiger partial charge in [0.2, 0.25) is 0 Å². The van der Waals surface area contributed by atoms with Gasteiger partial charge in [0.25, 0.3) is 10.0 Å². The first-order chi connectivity index (χ1) is 11.5. The second-order valence-electron chi connectivity index (χ2n) is 5.74. The number of aryl methyl sites for hydroxylation is 1. The Bertz CT molecular complexity index is 899. The summed E-state index contributed by atoms with van der Waals surface area (Å²) >= 11 is 0. The maximum Gasteiger partial charge on any atom is 0.264 e. The Kier molecular flexibility index (Phi) is 4.31. The van der Waals surface area contributed by atoms with Crippen molar-refractivity contribution in [1.29, 1.82) is 5.26 Å². The standard InChI is InChI=1S/C18H18N2O3S/c1-2-20(15-7-5-14-6-10-18(21)17(14)11-15)24(22,23)16-8-3-13(12-19)4-9-16/h3-5,7-9,11,18,21H,2,6,10H2,1H3. The third kappa shape index (κ3) is 2.77. The highest BCUT2D eigenvalue weighted by Crippen LogP contribution is 2.35. The van der Waals surface area contributed by atoms with Gasteiger partial charge in [-0.25, -0.2) is 8.42 Å². The number of nitrogens with zero attached hydrogens (tertiary/aromatic N) is 2. The van der Waals surface area contributed by atoms with E-state index in [0.717, 1.165) is 17.5 Å². The largest absolute Gasteiger partial charge is 0.388 e. The highest BCUT2D eigenvalue weighted by molar-refractivity contribution is 7.92. The summed E-state index contributed by atoms with van der Waals surface area (Å²) in [5, 5.41) is 18.9. The molecular weight excluding hydrogens is 324 g/mol. The number of hydrogen-bond donors (Lipinski definition) is 1. The second-order valence-corrected chi connectivity index (χ2v) is 7.61. The minimum atomic E-state index is -3.72. The van der Waals surface area contributed by atoms with Gasteiger partial charge in [-0.05, 0) is 67.3 Å². The molecular formula is C18H18N2O3S. The van der Waals surface area contributed by atoms with Gasteiger partial charge in [-0.3, -0.25) is 4.31 Å². The first-order valence-corrected chi connectivity index (χ1v) is 9.25. The monoisotopic (exact) mass is 342 g/mol. The quantitative estimate of drug-likeness (QED) is 0.926. The van der Waals surface area contributed by atoms with Crippen LogP contribution >= 0.6 is 0 Å². The van der Waals surface area contributed by atoms with Crippen molar-refractivity contribution in [2.45, 2.75) is 30.8 Å². The third-order valence-electron chi connectivity index (χ3n) is 4.32. The number of aliphatic hydroxyl groups excluding tert-OH is 1. The van der Waals surface area contributed by atoms with E-state index in [9.17, 15) is 13.5 Å². The predicted octanol–water partition coefficient (Wildman–Crippen LogP) is 2.75. The van der Waals surface area contributed by atoms with Crippen molar-refractivity contribution in [3.63, 3.8) is 0 Å². The maximum atomic E-state index is 12.9. The highest BCUT2D eigenvalue weighted by Gasteiger charge is 2.26. The molecule has 5 nitrogen and oxygen atoms in total. The minimum Gasteiger partial charge on any atom is -0.388 e. The van der Waals surface area contributed by atoms with Crippen LogP contribution in [0.5, 0.6) is 0 Å². The van der Waals surface area contributed by atoms with E-state index in [0.29, 0.717) is 17.7 Å². The molecule has 0 saturated heterocycles. The molecule has 0 spiro atoms. The number of anilines is 1. The molecule has 0 bridgehead atoms. The van der Waals surface area contributed by atoms with E-state index in [1.54, 1.807) is 19.1 Å². The molecule has 0 fully saturated rings. The first kappa shape index (κ1) is 16.5. The lowest BCUT2D eigenvalue weighted by atomic mass is 10.1. The number of nitriles is 1. The second kappa shape index (κ2) is 6.27. The summed E-state index contributed by atoms with van der Waals surface area (Å²) in [6, 6.07) is 13.3. The molecule has 124 valence electrons. The van der Waals surface area contributed by atoms with Crippen LogP contribution in [0.2, 0.25) is 0 Å². The average Bonchev–Trinajstić information content (AvgIpc) is 2.96. The zero-order chi connectivity index (χ0) is 17.3. The molecule has 1 atom stereocenters. The lowest BCUT2D eigenvalue weighted by Crippen LogP contribution is -2.30. The SMILES string of the molecule is CCN(c1ccc2c(c1)C(O)CC2)S(=O)(=O)c1ccc(C#N)cc1. The summed E-state index contributed by atoms with van der Waals surface area (Å²) < 4.78 is 27.2. The lowest BCUT2D eigenvalue weighted by Gasteiger charge is -2.24. The van der Waals surface area contributed by atoms with Crippen LogP contribution in [-0.2, 0) is 16.4 Å². The fourth-order valence-corrected chi connectivity index (χ4v) is 4.51. The van der Waals surface area contributed by atoms with Crippen LogP contribution in [-0.4, -0.2) is 20.1 Å². The van der Waals surface area contributed by atoms with Gasteiger partial charge in [0, 0.05) is 6.54 Å². The van der Waals surface area contributed by atoms with E-state index in [2.05, 4.69) is 0 Å². The van der Waals surface area contributed by atoms with E-state index < -0.39 is 16.1 Å². The number of rotatable bonds is 4. The Morgan fingerprint density at radius 1 is 1.25 bits per heavy atom. The number of benzene rings is 2. The Labute approximate surface area is 141 Å². The summed E-state index contributed by atoms with van der Waals surface area (Å²) in [6.07, 6.45) is 0.953. The van der Waals surface area contributed by atoms with Crippen LogP contribution < -0.4 is 4.31 Å². The topological polar surface area (TPSA) is 81.4 Å². The number of sulfonamides is 1. The van der Waals surface area contributed by atoms with Gasteiger partial charge in [0.15, 0.2) is 0 Å². The van der Waals surface area contributed by atoms with Crippen molar-refractivity contribution in [3.05, 3.63) is 59.2 Å². The summed E-state index contributed by atoms with van der Waals surface area (Å²) in [6.45, 7) is 2.04. The fraction of sp³-hybridized carbons (Fsp3) is 0.278. The summed E-state index contributed by atoms with van der Waals surface area (Å²) in [5.74, 6) is 0. The molecule has 0 aromatic heterocycles. The average molecular weight is 342 g/mol. The fourth-order valence-electron chi connectivity index (χ4n) is 3.04. The molecule has 1 N–H and O–H groups in total. The molecule has 3 rings (SSSR count). The van der Waals surface area contributed by atoms with Crippen molar-refractivity contribution in [3.8, 4) is 6.07 Å². The van der Waals surface area contributed by atoms with Crippen LogP contribution in [0.1, 0.15) is 36.1 Å². The van der Waals surface area contributed by atoms with Crippen molar-refractivity contribution in [2.75, 3.05) is 10.8 Å². The van der Waals surface area contributed by atoms with Crippen LogP contribution in [0.25, 0.3) is 0 Å². The van der Waals surface area contributed by atoms with Crippen molar-refractivity contribution in [1.82, 2.24) is 0 Å². The molecule has 24 heavy (non-hydrogen) atoms. The van der Waals surface area contributed by atoms with Gasteiger partial charge in [-0.15, -0.1) is 0 Å². The molecule has 0 saturated carbocycles. The van der Waals surface area contributed by atoms with Gasteiger partial charge >= 0.3 is 0 Å². The van der Waals surface area contributed by atoms with E-state index in [1.807, 2.05) is 12.1 Å². The molecule has 1 unspecified atom stereocenters. The molecule has 0 radical (unpaired) electrons. The van der Waals surface area contributed by atoms with Crippen LogP contribution in [0.15, 0.2) is 47.4 Å². The molecule has 6 heteroatoms. The third-order valence-corrected chi connectivity index (χ3v) is 6.24. The Morgan fingerprint density at radius 2 is 1.96 bits per heavy atom. The predicted molar refractivity (Wildman–Crippen MR) is 91.1 cm³/mol. The van der Waals surface area contributed by atoms with Gasteiger partial charge in [-0.2, -0.15) is 5.26 Å². The van der Waals surface area contributed by atoms with Gasteiger partial charge in [0.1, 0.15) is 0 Å². The molecule has 0 amide bonds. The van der Waals surface area contributed by atoms with Gasteiger partial charge in [0.05, 0.1) is 28.3 Å². The molecule has 1 aliphatic rings. The smallest absolute Gasteiger partial charge is 0.264 e. The molecule has 0 heterocycles.